The van der Waals surface area contributed by atoms with Crippen molar-refractivity contribution in [2.45, 2.75) is 9.79 Å². The summed E-state index contributed by atoms with van der Waals surface area (Å²) in [4.78, 5) is 20.3. The van der Waals surface area contributed by atoms with E-state index < -0.39 is 26.0 Å². The fraction of sp³-hybridized carbons (Fsp3) is 0. The van der Waals surface area contributed by atoms with Crippen LogP contribution in [0, 0.1) is 0 Å². The maximum Gasteiger partial charge on any atom is 0.266 e. The highest BCUT2D eigenvalue weighted by Crippen LogP contribution is 2.15. The highest BCUT2D eigenvalue weighted by atomic mass is 35.5. The topological polar surface area (TPSA) is 146 Å². The summed E-state index contributed by atoms with van der Waals surface area (Å²) in [6.07, 6.45) is 0. The monoisotopic (exact) mass is 481 g/mol. The van der Waals surface area contributed by atoms with Crippen LogP contribution in [0.3, 0.4) is 0 Å². The average Bonchev–Trinajstić information content (AvgIpc) is 2.77. The summed E-state index contributed by atoms with van der Waals surface area (Å²) < 4.78 is 48.9. The van der Waals surface area contributed by atoms with Crippen LogP contribution in [0.2, 0.25) is 5.15 Å². The van der Waals surface area contributed by atoms with Gasteiger partial charge in [0.15, 0.2) is 0 Å². The van der Waals surface area contributed by atoms with Gasteiger partial charge in [0.25, 0.3) is 26.0 Å². The molecule has 10 nitrogen and oxygen atoms in total. The van der Waals surface area contributed by atoms with Crippen LogP contribution in [0.25, 0.3) is 0 Å². The maximum absolute atomic E-state index is 12.4. The number of hydrogen-bond acceptors (Lipinski definition) is 7. The number of nitrogens with zero attached hydrogens (tertiary/aromatic N) is 1. The minimum Gasteiger partial charge on any atom is -0.292 e. The van der Waals surface area contributed by atoms with Gasteiger partial charge in [-0.15, -0.1) is 9.66 Å². The lowest BCUT2D eigenvalue weighted by Gasteiger charge is -2.11. The van der Waals surface area contributed by atoms with Crippen molar-refractivity contribution in [2.75, 3.05) is 5.43 Å². The standard InChI is InChI=1S/C18H16ClN5O5S2/c19-16-11-13(18(25)22-24-31(28,29)15-9-5-2-6-10-15)12-17(20-16)21-23-30(26,27)14-7-3-1-4-8-14/h1-12,23-24H,(H,20,21)(H,22,25). The molecule has 4 N–H and O–H groups in total. The molecule has 2 aromatic carbocycles. The van der Waals surface area contributed by atoms with E-state index in [0.29, 0.717) is 0 Å². The molecule has 0 spiro atoms. The summed E-state index contributed by atoms with van der Waals surface area (Å²) in [7, 11) is -7.88. The first-order valence-electron chi connectivity index (χ1n) is 8.55. The van der Waals surface area contributed by atoms with Crippen molar-refractivity contribution in [3.05, 3.63) is 83.5 Å². The molecule has 3 rings (SSSR count). The number of benzene rings is 2. The first-order valence-corrected chi connectivity index (χ1v) is 11.9. The van der Waals surface area contributed by atoms with Gasteiger partial charge in [-0.2, -0.15) is 0 Å². The van der Waals surface area contributed by atoms with Crippen LogP contribution in [0.1, 0.15) is 10.4 Å². The Labute approximate surface area is 183 Å². The first-order chi connectivity index (χ1) is 14.7. The van der Waals surface area contributed by atoms with Gasteiger partial charge in [-0.05, 0) is 36.4 Å². The molecule has 0 atom stereocenters. The molecular weight excluding hydrogens is 466 g/mol. The van der Waals surface area contributed by atoms with Crippen LogP contribution in [0.5, 0.6) is 0 Å². The van der Waals surface area contributed by atoms with Crippen molar-refractivity contribution in [3.8, 4) is 0 Å². The number of amides is 1. The molecule has 3 aromatic rings. The second kappa shape index (κ2) is 9.41. The van der Waals surface area contributed by atoms with Gasteiger partial charge in [-0.25, -0.2) is 21.8 Å². The fourth-order valence-corrected chi connectivity index (χ4v) is 4.26. The fourth-order valence-electron chi connectivity index (χ4n) is 2.31. The summed E-state index contributed by atoms with van der Waals surface area (Å²) >= 11 is 5.90. The quantitative estimate of drug-likeness (QED) is 0.282. The molecule has 0 unspecified atom stereocenters. The number of hydrazine groups is 2. The predicted octanol–water partition coefficient (Wildman–Crippen LogP) is 1.66. The Morgan fingerprint density at radius 3 is 1.84 bits per heavy atom. The highest BCUT2D eigenvalue weighted by molar-refractivity contribution is 7.89. The Bertz CT molecular complexity index is 1290. The Balaban J connectivity index is 1.70. The number of carbonyl (C=O) groups is 1. The van der Waals surface area contributed by atoms with Gasteiger partial charge < -0.3 is 0 Å². The van der Waals surface area contributed by atoms with E-state index >= 15 is 0 Å². The van der Waals surface area contributed by atoms with Crippen molar-refractivity contribution in [3.63, 3.8) is 0 Å². The normalized spacial score (nSPS) is 11.6. The van der Waals surface area contributed by atoms with Gasteiger partial charge >= 0.3 is 0 Å². The van der Waals surface area contributed by atoms with Crippen LogP contribution in [-0.2, 0) is 20.0 Å². The van der Waals surface area contributed by atoms with Crippen LogP contribution in [0.4, 0.5) is 5.82 Å². The van der Waals surface area contributed by atoms with E-state index in [4.69, 9.17) is 11.6 Å². The Hall–Kier alpha value is -3.03. The number of rotatable bonds is 8. The minimum absolute atomic E-state index is 0.0119. The second-order valence-electron chi connectivity index (χ2n) is 5.98. The molecule has 31 heavy (non-hydrogen) atoms. The molecule has 13 heteroatoms. The van der Waals surface area contributed by atoms with Crippen molar-refractivity contribution in [2.24, 2.45) is 0 Å². The number of halogens is 1. The van der Waals surface area contributed by atoms with E-state index in [-0.39, 0.29) is 26.3 Å². The number of sulfonamides is 2. The molecule has 0 saturated carbocycles. The van der Waals surface area contributed by atoms with Crippen LogP contribution in [0.15, 0.2) is 82.6 Å². The molecule has 1 amide bonds. The molecular formula is C18H16ClN5O5S2. The zero-order valence-corrected chi connectivity index (χ0v) is 18.0. The SMILES string of the molecule is O=C(NNS(=O)(=O)c1ccccc1)c1cc(Cl)nc(NNS(=O)(=O)c2ccccc2)c1. The summed E-state index contributed by atoms with van der Waals surface area (Å²) in [6.45, 7) is 0. The first kappa shape index (κ1) is 22.7. The second-order valence-corrected chi connectivity index (χ2v) is 9.73. The Morgan fingerprint density at radius 1 is 0.774 bits per heavy atom. The van der Waals surface area contributed by atoms with E-state index in [0.717, 1.165) is 0 Å². The van der Waals surface area contributed by atoms with E-state index in [9.17, 15) is 21.6 Å². The van der Waals surface area contributed by atoms with Gasteiger partial charge in [0.05, 0.1) is 9.79 Å². The van der Waals surface area contributed by atoms with Gasteiger partial charge in [-0.3, -0.25) is 15.6 Å². The largest absolute Gasteiger partial charge is 0.292 e. The van der Waals surface area contributed by atoms with Gasteiger partial charge in [0.1, 0.15) is 11.0 Å². The van der Waals surface area contributed by atoms with E-state index in [1.54, 1.807) is 24.3 Å². The van der Waals surface area contributed by atoms with Crippen LogP contribution < -0.4 is 20.5 Å². The number of carbonyl (C=O) groups excluding carboxylic acids is 1. The highest BCUT2D eigenvalue weighted by Gasteiger charge is 2.17. The molecule has 1 heterocycles. The molecule has 0 aliphatic carbocycles. The van der Waals surface area contributed by atoms with E-state index in [2.05, 4.69) is 20.7 Å². The molecule has 0 radical (unpaired) electrons. The van der Waals surface area contributed by atoms with Gasteiger partial charge in [0, 0.05) is 5.56 Å². The summed E-state index contributed by atoms with van der Waals surface area (Å²) in [5.74, 6) is -0.916. The summed E-state index contributed by atoms with van der Waals surface area (Å²) in [5.41, 5.74) is 4.35. The van der Waals surface area contributed by atoms with Crippen molar-refractivity contribution in [1.29, 1.82) is 0 Å². The third kappa shape index (κ3) is 5.99. The lowest BCUT2D eigenvalue weighted by molar-refractivity contribution is 0.0945. The van der Waals surface area contributed by atoms with Crippen molar-refractivity contribution >= 4 is 43.4 Å². The van der Waals surface area contributed by atoms with Crippen LogP contribution in [-0.4, -0.2) is 27.7 Å². The molecule has 0 aliphatic rings. The number of anilines is 1. The summed E-state index contributed by atoms with van der Waals surface area (Å²) in [6, 6.07) is 17.4. The number of aromatic nitrogens is 1. The summed E-state index contributed by atoms with van der Waals surface area (Å²) in [5, 5.41) is -0.125. The predicted molar refractivity (Wildman–Crippen MR) is 114 cm³/mol. The third-order valence-corrected chi connectivity index (χ3v) is 6.50. The van der Waals surface area contributed by atoms with E-state index in [1.807, 2.05) is 4.83 Å². The average molecular weight is 482 g/mol. The smallest absolute Gasteiger partial charge is 0.266 e. The number of hydrogen-bond donors (Lipinski definition) is 4. The minimum atomic E-state index is -3.98. The van der Waals surface area contributed by atoms with Crippen molar-refractivity contribution < 1.29 is 21.6 Å². The zero-order chi connectivity index (χ0) is 22.5. The van der Waals surface area contributed by atoms with Crippen LogP contribution >= 0.6 is 11.6 Å². The Morgan fingerprint density at radius 2 is 1.29 bits per heavy atom. The number of nitrogens with one attached hydrogen (secondary N) is 4. The van der Waals surface area contributed by atoms with Gasteiger partial charge in [0.2, 0.25) is 0 Å². The molecule has 0 bridgehead atoms. The molecule has 0 aliphatic heterocycles. The third-order valence-electron chi connectivity index (χ3n) is 3.78. The molecule has 0 fully saturated rings. The maximum atomic E-state index is 12.4. The number of pyridine rings is 1. The molecule has 0 saturated heterocycles. The molecule has 162 valence electrons. The van der Waals surface area contributed by atoms with Gasteiger partial charge in [-0.1, -0.05) is 48.0 Å². The molecule has 1 aromatic heterocycles. The zero-order valence-electron chi connectivity index (χ0n) is 15.6. The van der Waals surface area contributed by atoms with E-state index in [1.165, 1.54) is 48.5 Å². The lowest BCUT2D eigenvalue weighted by Crippen LogP contribution is -2.41. The Kier molecular flexibility index (Phi) is 6.87. The lowest BCUT2D eigenvalue weighted by atomic mass is 10.2. The van der Waals surface area contributed by atoms with Crippen molar-refractivity contribution in [1.82, 2.24) is 20.1 Å².